The maximum Gasteiger partial charge on any atom is 0.266 e. The maximum absolute atomic E-state index is 12.3. The average Bonchev–Trinajstić information content (AvgIpc) is 2.54. The molecular weight excluding hydrogens is 288 g/mol. The van der Waals surface area contributed by atoms with Gasteiger partial charge in [-0.05, 0) is 43.7 Å². The van der Waals surface area contributed by atoms with Crippen LogP contribution in [0.15, 0.2) is 48.0 Å². The number of amides is 1. The van der Waals surface area contributed by atoms with Crippen LogP contribution in [0.2, 0.25) is 0 Å². The van der Waals surface area contributed by atoms with Crippen LogP contribution >= 0.6 is 0 Å². The van der Waals surface area contributed by atoms with Gasteiger partial charge in [0, 0.05) is 11.3 Å². The van der Waals surface area contributed by atoms with E-state index in [4.69, 9.17) is 4.74 Å². The van der Waals surface area contributed by atoms with Crippen molar-refractivity contribution in [2.75, 3.05) is 12.4 Å². The number of rotatable bonds is 4. The Hall–Kier alpha value is -3.06. The number of benzene rings is 2. The fourth-order valence-corrected chi connectivity index (χ4v) is 2.17. The summed E-state index contributed by atoms with van der Waals surface area (Å²) < 4.78 is 5.28. The fraction of sp³-hybridized carbons (Fsp3) is 0.158. The van der Waals surface area contributed by atoms with Crippen molar-refractivity contribution in [1.82, 2.24) is 0 Å². The number of nitriles is 1. The molecule has 4 nitrogen and oxygen atoms in total. The quantitative estimate of drug-likeness (QED) is 0.689. The summed E-state index contributed by atoms with van der Waals surface area (Å²) in [4.78, 5) is 12.3. The zero-order valence-corrected chi connectivity index (χ0v) is 13.4. The fourth-order valence-electron chi connectivity index (χ4n) is 2.17. The van der Waals surface area contributed by atoms with Crippen LogP contribution in [-0.4, -0.2) is 13.0 Å². The number of para-hydroxylation sites is 1. The van der Waals surface area contributed by atoms with Gasteiger partial charge in [-0.15, -0.1) is 0 Å². The Labute approximate surface area is 136 Å². The molecule has 0 radical (unpaired) electrons. The lowest BCUT2D eigenvalue weighted by Crippen LogP contribution is -2.14. The van der Waals surface area contributed by atoms with E-state index < -0.39 is 5.91 Å². The predicted molar refractivity (Wildman–Crippen MR) is 91.1 cm³/mol. The van der Waals surface area contributed by atoms with Crippen molar-refractivity contribution in [1.29, 1.82) is 5.26 Å². The molecule has 0 saturated heterocycles. The molecular formula is C19H18N2O2. The minimum Gasteiger partial charge on any atom is -0.496 e. The molecule has 4 heteroatoms. The smallest absolute Gasteiger partial charge is 0.266 e. The molecule has 23 heavy (non-hydrogen) atoms. The highest BCUT2D eigenvalue weighted by molar-refractivity contribution is 6.10. The Morgan fingerprint density at radius 1 is 1.22 bits per heavy atom. The molecule has 0 fully saturated rings. The minimum atomic E-state index is -0.439. The first-order valence-corrected chi connectivity index (χ1v) is 7.18. The standard InChI is InChI=1S/C19H18N2O2/c1-13-8-9-18(23-3)15(10-13)11-16(12-20)19(22)21-17-7-5-4-6-14(17)2/h4-11H,1-3H3,(H,21,22)/b16-11+. The summed E-state index contributed by atoms with van der Waals surface area (Å²) in [6, 6.07) is 15.0. The van der Waals surface area contributed by atoms with Crippen molar-refractivity contribution < 1.29 is 9.53 Å². The summed E-state index contributed by atoms with van der Waals surface area (Å²) in [6.45, 7) is 3.84. The normalized spacial score (nSPS) is 10.8. The van der Waals surface area contributed by atoms with Gasteiger partial charge in [0.1, 0.15) is 17.4 Å². The minimum absolute atomic E-state index is 0.0251. The van der Waals surface area contributed by atoms with E-state index in [0.717, 1.165) is 11.1 Å². The second-order valence-corrected chi connectivity index (χ2v) is 5.18. The van der Waals surface area contributed by atoms with E-state index in [1.54, 1.807) is 19.3 Å². The first kappa shape index (κ1) is 16.3. The van der Waals surface area contributed by atoms with Gasteiger partial charge in [0.2, 0.25) is 0 Å². The van der Waals surface area contributed by atoms with E-state index in [9.17, 15) is 10.1 Å². The molecule has 2 aromatic rings. The number of carbonyl (C=O) groups excluding carboxylic acids is 1. The van der Waals surface area contributed by atoms with Gasteiger partial charge in [-0.2, -0.15) is 5.26 Å². The van der Waals surface area contributed by atoms with E-state index in [1.165, 1.54) is 0 Å². The molecule has 0 saturated carbocycles. The number of methoxy groups -OCH3 is 1. The Morgan fingerprint density at radius 2 is 1.96 bits per heavy atom. The number of hydrogen-bond donors (Lipinski definition) is 1. The van der Waals surface area contributed by atoms with E-state index >= 15 is 0 Å². The SMILES string of the molecule is COc1ccc(C)cc1/C=C(\C#N)C(=O)Nc1ccccc1C. The van der Waals surface area contributed by atoms with Crippen molar-refractivity contribution in [2.45, 2.75) is 13.8 Å². The third-order valence-electron chi connectivity index (χ3n) is 3.44. The van der Waals surface area contributed by atoms with Gasteiger partial charge in [-0.25, -0.2) is 0 Å². The van der Waals surface area contributed by atoms with Crippen molar-refractivity contribution in [3.05, 3.63) is 64.7 Å². The third kappa shape index (κ3) is 3.98. The van der Waals surface area contributed by atoms with Gasteiger partial charge >= 0.3 is 0 Å². The van der Waals surface area contributed by atoms with Gasteiger partial charge in [0.25, 0.3) is 5.91 Å². The summed E-state index contributed by atoms with van der Waals surface area (Å²) in [5.41, 5.74) is 3.37. The summed E-state index contributed by atoms with van der Waals surface area (Å²) in [5, 5.41) is 12.1. The van der Waals surface area contributed by atoms with Crippen LogP contribution in [0.1, 0.15) is 16.7 Å². The molecule has 0 spiro atoms. The largest absolute Gasteiger partial charge is 0.496 e. The molecule has 0 bridgehead atoms. The number of ether oxygens (including phenoxy) is 1. The highest BCUT2D eigenvalue weighted by Gasteiger charge is 2.12. The molecule has 0 heterocycles. The predicted octanol–water partition coefficient (Wildman–Crippen LogP) is 3.86. The average molecular weight is 306 g/mol. The molecule has 1 amide bonds. The number of aryl methyl sites for hydroxylation is 2. The lowest BCUT2D eigenvalue weighted by Gasteiger charge is -2.09. The van der Waals surface area contributed by atoms with Gasteiger partial charge in [-0.1, -0.05) is 29.8 Å². The van der Waals surface area contributed by atoms with E-state index in [2.05, 4.69) is 5.32 Å². The lowest BCUT2D eigenvalue weighted by molar-refractivity contribution is -0.112. The Kier molecular flexibility index (Phi) is 5.16. The van der Waals surface area contributed by atoms with Gasteiger partial charge < -0.3 is 10.1 Å². The maximum atomic E-state index is 12.3. The first-order valence-electron chi connectivity index (χ1n) is 7.18. The Balaban J connectivity index is 2.33. The molecule has 0 aliphatic rings. The van der Waals surface area contributed by atoms with Crippen LogP contribution in [0.5, 0.6) is 5.75 Å². The molecule has 2 rings (SSSR count). The molecule has 1 N–H and O–H groups in total. The van der Waals surface area contributed by atoms with Crippen molar-refractivity contribution in [3.8, 4) is 11.8 Å². The van der Waals surface area contributed by atoms with E-state index in [-0.39, 0.29) is 5.57 Å². The Bertz CT molecular complexity index is 801. The number of anilines is 1. The number of hydrogen-bond acceptors (Lipinski definition) is 3. The number of nitrogens with one attached hydrogen (secondary N) is 1. The van der Waals surface area contributed by atoms with Crippen LogP contribution < -0.4 is 10.1 Å². The van der Waals surface area contributed by atoms with Gasteiger partial charge in [0.15, 0.2) is 0 Å². The summed E-state index contributed by atoms with van der Waals surface area (Å²) in [5.74, 6) is 0.178. The van der Waals surface area contributed by atoms with Crippen molar-refractivity contribution in [3.63, 3.8) is 0 Å². The van der Waals surface area contributed by atoms with Crippen LogP contribution in [0.3, 0.4) is 0 Å². The molecule has 0 aromatic heterocycles. The second kappa shape index (κ2) is 7.28. The molecule has 0 atom stereocenters. The molecule has 0 aliphatic carbocycles. The van der Waals surface area contributed by atoms with Gasteiger partial charge in [0.05, 0.1) is 7.11 Å². The van der Waals surface area contributed by atoms with Crippen LogP contribution in [0.25, 0.3) is 6.08 Å². The third-order valence-corrected chi connectivity index (χ3v) is 3.44. The molecule has 2 aromatic carbocycles. The van der Waals surface area contributed by atoms with Crippen molar-refractivity contribution >= 4 is 17.7 Å². The van der Waals surface area contributed by atoms with Gasteiger partial charge in [-0.3, -0.25) is 4.79 Å². The second-order valence-electron chi connectivity index (χ2n) is 5.18. The summed E-state index contributed by atoms with van der Waals surface area (Å²) in [6.07, 6.45) is 1.54. The van der Waals surface area contributed by atoms with Crippen LogP contribution in [0, 0.1) is 25.2 Å². The van der Waals surface area contributed by atoms with Crippen LogP contribution in [-0.2, 0) is 4.79 Å². The van der Waals surface area contributed by atoms with Crippen molar-refractivity contribution in [2.24, 2.45) is 0 Å². The topological polar surface area (TPSA) is 62.1 Å². The molecule has 0 unspecified atom stereocenters. The highest BCUT2D eigenvalue weighted by atomic mass is 16.5. The summed E-state index contributed by atoms with van der Waals surface area (Å²) in [7, 11) is 1.56. The first-order chi connectivity index (χ1) is 11.0. The zero-order chi connectivity index (χ0) is 16.8. The lowest BCUT2D eigenvalue weighted by atomic mass is 10.1. The highest BCUT2D eigenvalue weighted by Crippen LogP contribution is 2.23. The summed E-state index contributed by atoms with van der Waals surface area (Å²) >= 11 is 0. The molecule has 0 aliphatic heterocycles. The zero-order valence-electron chi connectivity index (χ0n) is 13.4. The number of nitrogens with zero attached hydrogens (tertiary/aromatic N) is 1. The van der Waals surface area contributed by atoms with Crippen LogP contribution in [0.4, 0.5) is 5.69 Å². The van der Waals surface area contributed by atoms with E-state index in [0.29, 0.717) is 17.0 Å². The Morgan fingerprint density at radius 3 is 2.61 bits per heavy atom. The number of carbonyl (C=O) groups is 1. The molecule has 116 valence electrons. The monoisotopic (exact) mass is 306 g/mol. The van der Waals surface area contributed by atoms with E-state index in [1.807, 2.05) is 56.3 Å².